The maximum absolute atomic E-state index is 5.95. The Bertz CT molecular complexity index is 690. The Balaban J connectivity index is 2.36. The van der Waals surface area contributed by atoms with Crippen LogP contribution in [0, 0.1) is 0 Å². The molecule has 0 aliphatic heterocycles. The molecule has 0 amide bonds. The lowest BCUT2D eigenvalue weighted by atomic mass is 10.0. The summed E-state index contributed by atoms with van der Waals surface area (Å²) in [6.45, 7) is 4.19. The molecule has 1 radical (unpaired) electrons. The summed E-state index contributed by atoms with van der Waals surface area (Å²) < 4.78 is 27.6. The molecule has 0 heterocycles. The maximum atomic E-state index is 5.95. The SMILES string of the molecule is COc1ccc(Cc2cc(OC)c(OC)c(OC)c2)cc1O[Si](C)C. The van der Waals surface area contributed by atoms with Gasteiger partial charge < -0.3 is 23.4 Å². The summed E-state index contributed by atoms with van der Waals surface area (Å²) in [6.07, 6.45) is 0.715. The summed E-state index contributed by atoms with van der Waals surface area (Å²) in [7, 11) is 5.61. The van der Waals surface area contributed by atoms with Gasteiger partial charge in [0.15, 0.2) is 17.2 Å². The van der Waals surface area contributed by atoms with Crippen LogP contribution >= 0.6 is 0 Å². The first-order valence-electron chi connectivity index (χ1n) is 7.96. The lowest BCUT2D eigenvalue weighted by Gasteiger charge is -2.16. The highest BCUT2D eigenvalue weighted by Gasteiger charge is 2.14. The zero-order valence-corrected chi connectivity index (χ0v) is 16.6. The van der Waals surface area contributed by atoms with Gasteiger partial charge in [0.25, 0.3) is 9.04 Å². The fraction of sp³-hybridized carbons (Fsp3) is 0.368. The lowest BCUT2D eigenvalue weighted by Crippen LogP contribution is -2.12. The van der Waals surface area contributed by atoms with Crippen LogP contribution in [0.25, 0.3) is 0 Å². The van der Waals surface area contributed by atoms with Crippen LogP contribution in [-0.4, -0.2) is 37.5 Å². The molecule has 135 valence electrons. The molecule has 2 aromatic carbocycles. The van der Waals surface area contributed by atoms with Crippen molar-refractivity contribution in [2.24, 2.45) is 0 Å². The van der Waals surface area contributed by atoms with Gasteiger partial charge in [-0.1, -0.05) is 6.07 Å². The van der Waals surface area contributed by atoms with E-state index in [0.29, 0.717) is 23.7 Å². The molecule has 25 heavy (non-hydrogen) atoms. The molecule has 2 aromatic rings. The number of benzene rings is 2. The predicted octanol–water partition coefficient (Wildman–Crippen LogP) is 3.94. The molecule has 0 spiro atoms. The van der Waals surface area contributed by atoms with E-state index in [-0.39, 0.29) is 0 Å². The second-order valence-corrected chi connectivity index (χ2v) is 7.73. The van der Waals surface area contributed by atoms with Gasteiger partial charge in [0.1, 0.15) is 5.75 Å². The average Bonchev–Trinajstić information content (AvgIpc) is 2.60. The van der Waals surface area contributed by atoms with Crippen molar-refractivity contribution in [1.29, 1.82) is 0 Å². The molecule has 0 unspecified atom stereocenters. The summed E-state index contributed by atoms with van der Waals surface area (Å²) >= 11 is 0. The first kappa shape index (κ1) is 19.0. The third kappa shape index (κ3) is 4.60. The molecular formula is C19H25O5Si. The number of rotatable bonds is 8. The molecule has 2 rings (SSSR count). The van der Waals surface area contributed by atoms with E-state index in [4.69, 9.17) is 23.4 Å². The second-order valence-electron chi connectivity index (χ2n) is 5.71. The second kappa shape index (κ2) is 8.67. The Kier molecular flexibility index (Phi) is 6.58. The Morgan fingerprint density at radius 2 is 1.24 bits per heavy atom. The van der Waals surface area contributed by atoms with Gasteiger partial charge in [-0.25, -0.2) is 0 Å². The molecule has 0 N–H and O–H groups in total. The van der Waals surface area contributed by atoms with Crippen LogP contribution in [0.4, 0.5) is 0 Å². The number of hydrogen-bond donors (Lipinski definition) is 0. The van der Waals surface area contributed by atoms with Gasteiger partial charge in [-0.15, -0.1) is 0 Å². The van der Waals surface area contributed by atoms with Crippen molar-refractivity contribution in [3.8, 4) is 28.7 Å². The van der Waals surface area contributed by atoms with Crippen LogP contribution in [0.2, 0.25) is 13.1 Å². The maximum Gasteiger partial charge on any atom is 0.274 e. The van der Waals surface area contributed by atoms with E-state index in [2.05, 4.69) is 13.1 Å². The topological polar surface area (TPSA) is 46.2 Å². The summed E-state index contributed by atoms with van der Waals surface area (Å²) in [4.78, 5) is 0. The van der Waals surface area contributed by atoms with E-state index in [1.54, 1.807) is 28.4 Å². The van der Waals surface area contributed by atoms with E-state index in [1.807, 2.05) is 30.3 Å². The standard InChI is InChI=1S/C19H25O5Si/c1-20-15-8-7-13(10-16(15)24-25(5)6)9-14-11-17(21-2)19(23-4)18(12-14)22-3/h7-8,10-12H,9H2,1-6H3. The van der Waals surface area contributed by atoms with Crippen molar-refractivity contribution in [3.05, 3.63) is 41.5 Å². The van der Waals surface area contributed by atoms with E-state index >= 15 is 0 Å². The molecule has 0 aliphatic rings. The smallest absolute Gasteiger partial charge is 0.274 e. The Morgan fingerprint density at radius 3 is 1.72 bits per heavy atom. The molecule has 0 saturated carbocycles. The van der Waals surface area contributed by atoms with Gasteiger partial charge in [-0.2, -0.15) is 0 Å². The molecule has 0 aromatic heterocycles. The summed E-state index contributed by atoms with van der Waals surface area (Å²) in [5.74, 6) is 3.42. The zero-order chi connectivity index (χ0) is 18.4. The van der Waals surface area contributed by atoms with Gasteiger partial charge in [0.05, 0.1) is 28.4 Å². The minimum atomic E-state index is -0.874. The summed E-state index contributed by atoms with van der Waals surface area (Å²) in [6, 6.07) is 9.92. The first-order chi connectivity index (χ1) is 12.0. The van der Waals surface area contributed by atoms with Gasteiger partial charge >= 0.3 is 0 Å². The van der Waals surface area contributed by atoms with Crippen LogP contribution in [0.3, 0.4) is 0 Å². The molecule has 0 fully saturated rings. The van der Waals surface area contributed by atoms with E-state index in [1.165, 1.54) is 0 Å². The van der Waals surface area contributed by atoms with E-state index < -0.39 is 9.04 Å². The van der Waals surface area contributed by atoms with E-state index in [0.717, 1.165) is 22.6 Å². The lowest BCUT2D eigenvalue weighted by molar-refractivity contribution is 0.324. The minimum Gasteiger partial charge on any atom is -0.540 e. The van der Waals surface area contributed by atoms with Gasteiger partial charge in [0.2, 0.25) is 5.75 Å². The number of hydrogen-bond acceptors (Lipinski definition) is 5. The van der Waals surface area contributed by atoms with Crippen LogP contribution in [0.15, 0.2) is 30.3 Å². The Morgan fingerprint density at radius 1 is 0.680 bits per heavy atom. The van der Waals surface area contributed by atoms with Crippen molar-refractivity contribution in [1.82, 2.24) is 0 Å². The molecule has 0 aliphatic carbocycles. The van der Waals surface area contributed by atoms with Crippen LogP contribution in [-0.2, 0) is 6.42 Å². The number of methoxy groups -OCH3 is 4. The fourth-order valence-corrected chi connectivity index (χ4v) is 3.20. The van der Waals surface area contributed by atoms with Crippen molar-refractivity contribution in [3.63, 3.8) is 0 Å². The average molecular weight is 361 g/mol. The zero-order valence-electron chi connectivity index (χ0n) is 15.6. The third-order valence-electron chi connectivity index (χ3n) is 3.67. The van der Waals surface area contributed by atoms with Crippen molar-refractivity contribution in [2.45, 2.75) is 19.5 Å². The molecular weight excluding hydrogens is 336 g/mol. The quantitative estimate of drug-likeness (QED) is 0.667. The Hall–Kier alpha value is -2.34. The third-order valence-corrected chi connectivity index (χ3v) is 4.30. The van der Waals surface area contributed by atoms with Crippen LogP contribution < -0.4 is 23.4 Å². The van der Waals surface area contributed by atoms with Crippen molar-refractivity contribution >= 4 is 9.04 Å². The van der Waals surface area contributed by atoms with Gasteiger partial charge in [0, 0.05) is 0 Å². The normalized spacial score (nSPS) is 10.5. The molecule has 0 bridgehead atoms. The van der Waals surface area contributed by atoms with Crippen molar-refractivity contribution in [2.75, 3.05) is 28.4 Å². The summed E-state index contributed by atoms with van der Waals surface area (Å²) in [5, 5.41) is 0. The van der Waals surface area contributed by atoms with E-state index in [9.17, 15) is 0 Å². The highest BCUT2D eigenvalue weighted by Crippen LogP contribution is 2.39. The van der Waals surface area contributed by atoms with Gasteiger partial charge in [-0.3, -0.25) is 0 Å². The predicted molar refractivity (Wildman–Crippen MR) is 100 cm³/mol. The molecule has 5 nitrogen and oxygen atoms in total. The monoisotopic (exact) mass is 361 g/mol. The fourth-order valence-electron chi connectivity index (χ4n) is 2.60. The highest BCUT2D eigenvalue weighted by molar-refractivity contribution is 6.49. The van der Waals surface area contributed by atoms with Crippen molar-refractivity contribution < 1.29 is 23.4 Å². The molecule has 0 atom stereocenters. The first-order valence-corrected chi connectivity index (χ1v) is 10.4. The minimum absolute atomic E-state index is 0.594. The number of ether oxygens (including phenoxy) is 4. The van der Waals surface area contributed by atoms with Crippen LogP contribution in [0.1, 0.15) is 11.1 Å². The van der Waals surface area contributed by atoms with Crippen LogP contribution in [0.5, 0.6) is 28.7 Å². The highest BCUT2D eigenvalue weighted by atomic mass is 28.3. The van der Waals surface area contributed by atoms with Gasteiger partial charge in [-0.05, 0) is 54.9 Å². The molecule has 0 saturated heterocycles. The molecule has 6 heteroatoms. The Labute approximate surface area is 151 Å². The summed E-state index contributed by atoms with van der Waals surface area (Å²) in [5.41, 5.74) is 2.18. The largest absolute Gasteiger partial charge is 0.540 e.